The van der Waals surface area contributed by atoms with Crippen LogP contribution < -0.4 is 15.5 Å². The third kappa shape index (κ3) is 4.91. The molecule has 150 valence electrons. The molecule has 0 aliphatic carbocycles. The molecule has 0 N–H and O–H groups in total. The molecule has 3 rings (SSSR count). The van der Waals surface area contributed by atoms with Crippen molar-refractivity contribution in [2.24, 2.45) is 4.99 Å². The van der Waals surface area contributed by atoms with Gasteiger partial charge in [-0.05, 0) is 48.4 Å². The largest absolute Gasteiger partial charge is 0.380 e. The quantitative estimate of drug-likeness (QED) is 0.489. The Labute approximate surface area is 174 Å². The van der Waals surface area contributed by atoms with E-state index in [2.05, 4.69) is 81.3 Å². The summed E-state index contributed by atoms with van der Waals surface area (Å²) in [6, 6.07) is 13.3. The van der Waals surface area contributed by atoms with Crippen molar-refractivity contribution < 1.29 is 0 Å². The Bertz CT molecular complexity index is 931. The second kappa shape index (κ2) is 9.51. The topological polar surface area (TPSA) is 18.8 Å². The minimum atomic E-state index is 1.07. The summed E-state index contributed by atoms with van der Waals surface area (Å²) in [4.78, 5) is 11.8. The van der Waals surface area contributed by atoms with E-state index < -0.39 is 0 Å². The van der Waals surface area contributed by atoms with Crippen LogP contribution in [0.4, 0.5) is 11.4 Å². The number of rotatable bonds is 8. The fourth-order valence-corrected chi connectivity index (χ4v) is 4.63. The van der Waals surface area contributed by atoms with Crippen molar-refractivity contribution in [2.45, 2.75) is 55.2 Å². The summed E-state index contributed by atoms with van der Waals surface area (Å²) < 4.78 is 0. The van der Waals surface area contributed by atoms with E-state index in [4.69, 9.17) is 4.99 Å². The van der Waals surface area contributed by atoms with Crippen molar-refractivity contribution in [1.29, 1.82) is 0 Å². The first-order valence-corrected chi connectivity index (χ1v) is 11.2. The number of anilines is 1. The van der Waals surface area contributed by atoms with E-state index in [0.29, 0.717) is 0 Å². The molecule has 0 spiro atoms. The molecule has 0 saturated heterocycles. The summed E-state index contributed by atoms with van der Waals surface area (Å²) in [5.41, 5.74) is 3.71. The lowest BCUT2D eigenvalue weighted by molar-refractivity contribution is 0.542. The maximum absolute atomic E-state index is 4.89. The van der Waals surface area contributed by atoms with E-state index >= 15 is 0 Å². The molecular weight excluding hydrogens is 362 g/mol. The number of hydrogen-bond donors (Lipinski definition) is 0. The van der Waals surface area contributed by atoms with Crippen LogP contribution in [0.5, 0.6) is 0 Å². The van der Waals surface area contributed by atoms with Gasteiger partial charge in [0.15, 0.2) is 0 Å². The third-order valence-corrected chi connectivity index (χ3v) is 6.36. The zero-order valence-corrected chi connectivity index (χ0v) is 18.8. The van der Waals surface area contributed by atoms with Crippen LogP contribution in [-0.4, -0.2) is 33.1 Å². The van der Waals surface area contributed by atoms with E-state index in [-0.39, 0.29) is 0 Å². The van der Waals surface area contributed by atoms with Crippen LogP contribution in [0.15, 0.2) is 51.2 Å². The molecule has 1 aliphatic rings. The summed E-state index contributed by atoms with van der Waals surface area (Å²) in [5, 5.41) is 2.41. The summed E-state index contributed by atoms with van der Waals surface area (Å²) >= 11 is 1.84. The van der Waals surface area contributed by atoms with Crippen molar-refractivity contribution in [3.8, 4) is 0 Å². The first kappa shape index (κ1) is 20.8. The zero-order chi connectivity index (χ0) is 20.1. The van der Waals surface area contributed by atoms with Crippen LogP contribution in [0, 0.1) is 0 Å². The minimum absolute atomic E-state index is 1.07. The van der Waals surface area contributed by atoms with Crippen LogP contribution in [-0.2, 0) is 0 Å². The maximum Gasteiger partial charge on any atom is 0.0778 e. The zero-order valence-electron chi connectivity index (χ0n) is 18.0. The first-order valence-electron chi connectivity index (χ1n) is 10.4. The average Bonchev–Trinajstić information content (AvgIpc) is 2.68. The highest BCUT2D eigenvalue weighted by molar-refractivity contribution is 7.99. The van der Waals surface area contributed by atoms with Crippen molar-refractivity contribution >= 4 is 28.8 Å². The van der Waals surface area contributed by atoms with Gasteiger partial charge in [0.1, 0.15) is 0 Å². The minimum Gasteiger partial charge on any atom is -0.380 e. The van der Waals surface area contributed by atoms with Gasteiger partial charge in [0, 0.05) is 49.4 Å². The Morgan fingerprint density at radius 2 is 1.68 bits per heavy atom. The molecule has 0 bridgehead atoms. The standard InChI is InChI=1S/C24H33N3S/c1-6-7-8-9-10-11-22(27(4)5)18-12-14-20-23(16-18)28-24-17-19(26(2)3)13-15-21(24)25-20/h12-17H,6-11H2,1-5H3. The van der Waals surface area contributed by atoms with Crippen LogP contribution in [0.1, 0.15) is 45.4 Å². The number of hydrogen-bond acceptors (Lipinski definition) is 4. The molecule has 1 heterocycles. The first-order chi connectivity index (χ1) is 13.5. The van der Waals surface area contributed by atoms with Crippen LogP contribution in [0.2, 0.25) is 0 Å². The van der Waals surface area contributed by atoms with Crippen LogP contribution in [0.25, 0.3) is 5.70 Å². The molecule has 3 nitrogen and oxygen atoms in total. The molecule has 28 heavy (non-hydrogen) atoms. The summed E-state index contributed by atoms with van der Waals surface area (Å²) in [6.07, 6.45) is 7.72. The van der Waals surface area contributed by atoms with Crippen molar-refractivity contribution in [1.82, 2.24) is 4.90 Å². The Hall–Kier alpha value is -1.94. The summed E-state index contributed by atoms with van der Waals surface area (Å²) in [7, 11) is 8.49. The van der Waals surface area contributed by atoms with Crippen molar-refractivity contribution in [2.75, 3.05) is 33.1 Å². The predicted molar refractivity (Wildman–Crippen MR) is 122 cm³/mol. The molecule has 2 aromatic rings. The highest BCUT2D eigenvalue weighted by Crippen LogP contribution is 2.38. The lowest BCUT2D eigenvalue weighted by Gasteiger charge is -2.19. The van der Waals surface area contributed by atoms with Gasteiger partial charge in [-0.15, -0.1) is 0 Å². The molecular formula is C24H33N3S. The van der Waals surface area contributed by atoms with Gasteiger partial charge in [0.05, 0.1) is 11.0 Å². The normalized spacial score (nSPS) is 13.3. The monoisotopic (exact) mass is 395 g/mol. The molecule has 1 aliphatic heterocycles. The van der Waals surface area contributed by atoms with Gasteiger partial charge in [-0.3, -0.25) is 0 Å². The SMILES string of the molecule is CCCCCCCC(=c1ccc2c(c1)Sc1cc(N(C)C)ccc1N=2)N(C)C. The van der Waals surface area contributed by atoms with Gasteiger partial charge in [0.2, 0.25) is 0 Å². The Morgan fingerprint density at radius 1 is 0.893 bits per heavy atom. The average molecular weight is 396 g/mol. The van der Waals surface area contributed by atoms with Gasteiger partial charge < -0.3 is 9.80 Å². The molecule has 0 atom stereocenters. The van der Waals surface area contributed by atoms with Gasteiger partial charge >= 0.3 is 0 Å². The fourth-order valence-electron chi connectivity index (χ4n) is 3.59. The smallest absolute Gasteiger partial charge is 0.0778 e. The Kier molecular flexibility index (Phi) is 7.06. The highest BCUT2D eigenvalue weighted by atomic mass is 32.2. The Balaban J connectivity index is 1.90. The predicted octanol–water partition coefficient (Wildman–Crippen LogP) is 5.20. The van der Waals surface area contributed by atoms with E-state index in [1.165, 1.54) is 58.5 Å². The maximum atomic E-state index is 4.89. The lowest BCUT2D eigenvalue weighted by Crippen LogP contribution is -2.22. The van der Waals surface area contributed by atoms with Crippen molar-refractivity contribution in [3.05, 3.63) is 47.0 Å². The summed E-state index contributed by atoms with van der Waals surface area (Å²) in [5.74, 6) is 0. The molecule has 0 amide bonds. The third-order valence-electron chi connectivity index (χ3n) is 5.27. The molecule has 0 radical (unpaired) electrons. The second-order valence-electron chi connectivity index (χ2n) is 7.95. The van der Waals surface area contributed by atoms with E-state index in [0.717, 1.165) is 17.5 Å². The molecule has 4 heteroatoms. The molecule has 0 unspecified atom stereocenters. The van der Waals surface area contributed by atoms with E-state index in [9.17, 15) is 0 Å². The van der Waals surface area contributed by atoms with E-state index in [1.54, 1.807) is 0 Å². The highest BCUT2D eigenvalue weighted by Gasteiger charge is 2.13. The Morgan fingerprint density at radius 3 is 2.39 bits per heavy atom. The van der Waals surface area contributed by atoms with E-state index in [1.807, 2.05) is 11.8 Å². The molecule has 0 aromatic heterocycles. The van der Waals surface area contributed by atoms with Gasteiger partial charge in [-0.25, -0.2) is 4.99 Å². The number of nitrogens with zero attached hydrogens (tertiary/aromatic N) is 3. The second-order valence-corrected chi connectivity index (χ2v) is 9.03. The fraction of sp³-hybridized carbons (Fsp3) is 0.458. The molecule has 0 fully saturated rings. The molecule has 0 saturated carbocycles. The van der Waals surface area contributed by atoms with Gasteiger partial charge in [-0.2, -0.15) is 0 Å². The van der Waals surface area contributed by atoms with Crippen LogP contribution in [0.3, 0.4) is 0 Å². The van der Waals surface area contributed by atoms with Gasteiger partial charge in [0.25, 0.3) is 0 Å². The van der Waals surface area contributed by atoms with Crippen molar-refractivity contribution in [3.63, 3.8) is 0 Å². The van der Waals surface area contributed by atoms with Crippen LogP contribution >= 0.6 is 11.8 Å². The number of fused-ring (bicyclic) bond motifs is 2. The number of benzene rings is 2. The summed E-state index contributed by atoms with van der Waals surface area (Å²) in [6.45, 7) is 2.27. The van der Waals surface area contributed by atoms with Gasteiger partial charge in [-0.1, -0.05) is 50.4 Å². The molecule has 2 aromatic carbocycles. The lowest BCUT2D eigenvalue weighted by atomic mass is 10.1. The number of unbranched alkanes of at least 4 members (excludes halogenated alkanes) is 4.